The summed E-state index contributed by atoms with van der Waals surface area (Å²) in [6.45, 7) is 1.63. The second kappa shape index (κ2) is 6.50. The van der Waals surface area contributed by atoms with E-state index in [0.717, 1.165) is 4.31 Å². The molecule has 1 rings (SSSR count). The lowest BCUT2D eigenvalue weighted by Crippen LogP contribution is -2.35. The highest BCUT2D eigenvalue weighted by atomic mass is 32.2. The first-order valence-electron chi connectivity index (χ1n) is 5.88. The normalized spacial score (nSPS) is 12.8. The van der Waals surface area contributed by atoms with E-state index in [9.17, 15) is 13.2 Å². The fraction of sp³-hybridized carbons (Fsp3) is 0.385. The summed E-state index contributed by atoms with van der Waals surface area (Å²) in [5, 5.41) is 8.66. The van der Waals surface area contributed by atoms with Crippen molar-refractivity contribution in [3.8, 4) is 6.07 Å². The third-order valence-electron chi connectivity index (χ3n) is 2.96. The molecule has 0 aromatic heterocycles. The second-order valence-corrected chi connectivity index (χ2v) is 6.19. The van der Waals surface area contributed by atoms with Gasteiger partial charge in [-0.2, -0.15) is 9.57 Å². The van der Waals surface area contributed by atoms with Crippen LogP contribution in [0.2, 0.25) is 0 Å². The molecular weight excluding hydrogens is 280 g/mol. The van der Waals surface area contributed by atoms with Crippen LogP contribution in [0.4, 0.5) is 0 Å². The van der Waals surface area contributed by atoms with Crippen LogP contribution in [-0.4, -0.2) is 38.9 Å². The van der Waals surface area contributed by atoms with Crippen LogP contribution in [0.5, 0.6) is 0 Å². The summed E-state index contributed by atoms with van der Waals surface area (Å²) >= 11 is 0. The van der Waals surface area contributed by atoms with Gasteiger partial charge in [-0.15, -0.1) is 0 Å². The molecule has 6 nitrogen and oxygen atoms in total. The SMILES string of the molecule is COC(=O)c1ccccc1S(=O)(=O)N(C)C(C)CC#N. The van der Waals surface area contributed by atoms with Crippen molar-refractivity contribution in [3.05, 3.63) is 29.8 Å². The number of rotatable bonds is 5. The van der Waals surface area contributed by atoms with Crippen LogP contribution in [0.15, 0.2) is 29.2 Å². The number of carbonyl (C=O) groups is 1. The summed E-state index contributed by atoms with van der Waals surface area (Å²) in [4.78, 5) is 11.5. The van der Waals surface area contributed by atoms with Gasteiger partial charge in [-0.05, 0) is 19.1 Å². The maximum Gasteiger partial charge on any atom is 0.339 e. The van der Waals surface area contributed by atoms with Crippen molar-refractivity contribution in [1.82, 2.24) is 4.31 Å². The van der Waals surface area contributed by atoms with Crippen molar-refractivity contribution in [2.75, 3.05) is 14.2 Å². The molecule has 7 heteroatoms. The summed E-state index contributed by atoms with van der Waals surface area (Å²) < 4.78 is 30.7. The third kappa shape index (κ3) is 3.15. The number of esters is 1. The molecule has 20 heavy (non-hydrogen) atoms. The van der Waals surface area contributed by atoms with Gasteiger partial charge in [-0.3, -0.25) is 0 Å². The number of carbonyl (C=O) groups excluding carboxylic acids is 1. The van der Waals surface area contributed by atoms with Gasteiger partial charge in [0.1, 0.15) is 0 Å². The predicted octanol–water partition coefficient (Wildman–Crippen LogP) is 1.40. The van der Waals surface area contributed by atoms with Gasteiger partial charge in [-0.1, -0.05) is 12.1 Å². The lowest BCUT2D eigenvalue weighted by Gasteiger charge is -2.23. The van der Waals surface area contributed by atoms with Gasteiger partial charge in [-0.25, -0.2) is 13.2 Å². The molecule has 0 aliphatic carbocycles. The van der Waals surface area contributed by atoms with E-state index in [1.54, 1.807) is 13.0 Å². The van der Waals surface area contributed by atoms with Crippen LogP contribution in [0, 0.1) is 11.3 Å². The average molecular weight is 296 g/mol. The fourth-order valence-corrected chi connectivity index (χ4v) is 3.16. The quantitative estimate of drug-likeness (QED) is 0.766. The molecule has 0 heterocycles. The summed E-state index contributed by atoms with van der Waals surface area (Å²) in [7, 11) is -1.30. The van der Waals surface area contributed by atoms with Crippen LogP contribution >= 0.6 is 0 Å². The standard InChI is InChI=1S/C13H16N2O4S/c1-10(8-9-14)15(2)20(17,18)12-7-5-4-6-11(12)13(16)19-3/h4-7,10H,8H2,1-3H3. The number of methoxy groups -OCH3 is 1. The molecule has 0 spiro atoms. The zero-order valence-corrected chi connectivity index (χ0v) is 12.3. The number of hydrogen-bond donors (Lipinski definition) is 0. The maximum atomic E-state index is 12.5. The van der Waals surface area contributed by atoms with Gasteiger partial charge in [0.25, 0.3) is 0 Å². The van der Waals surface area contributed by atoms with Gasteiger partial charge in [0, 0.05) is 13.1 Å². The molecular formula is C13H16N2O4S. The Labute approximate surface area is 118 Å². The van der Waals surface area contributed by atoms with Crippen LogP contribution in [0.25, 0.3) is 0 Å². The van der Waals surface area contributed by atoms with E-state index in [1.807, 2.05) is 6.07 Å². The molecule has 1 atom stereocenters. The Morgan fingerprint density at radius 3 is 2.60 bits per heavy atom. The lowest BCUT2D eigenvalue weighted by atomic mass is 10.2. The zero-order chi connectivity index (χ0) is 15.3. The summed E-state index contributed by atoms with van der Waals surface area (Å²) in [6, 6.07) is 7.26. The average Bonchev–Trinajstić information content (AvgIpc) is 2.45. The maximum absolute atomic E-state index is 12.5. The Bertz CT molecular complexity index is 634. The molecule has 0 radical (unpaired) electrons. The van der Waals surface area contributed by atoms with Crippen molar-refractivity contribution in [3.63, 3.8) is 0 Å². The molecule has 0 aliphatic rings. The molecule has 0 amide bonds. The monoisotopic (exact) mass is 296 g/mol. The van der Waals surface area contributed by atoms with E-state index < -0.39 is 22.0 Å². The van der Waals surface area contributed by atoms with Crippen molar-refractivity contribution in [1.29, 1.82) is 5.26 Å². The highest BCUT2D eigenvalue weighted by Gasteiger charge is 2.29. The number of nitrogens with zero attached hydrogens (tertiary/aromatic N) is 2. The molecule has 1 unspecified atom stereocenters. The van der Waals surface area contributed by atoms with E-state index in [0.29, 0.717) is 0 Å². The highest BCUT2D eigenvalue weighted by molar-refractivity contribution is 7.89. The van der Waals surface area contributed by atoms with E-state index >= 15 is 0 Å². The topological polar surface area (TPSA) is 87.5 Å². The number of nitriles is 1. The number of hydrogen-bond acceptors (Lipinski definition) is 5. The molecule has 0 N–H and O–H groups in total. The molecule has 0 saturated carbocycles. The Balaban J connectivity index is 3.30. The molecule has 108 valence electrons. The Morgan fingerprint density at radius 2 is 2.05 bits per heavy atom. The van der Waals surface area contributed by atoms with Crippen LogP contribution in [0.3, 0.4) is 0 Å². The lowest BCUT2D eigenvalue weighted by molar-refractivity contribution is 0.0596. The van der Waals surface area contributed by atoms with Crippen molar-refractivity contribution in [2.24, 2.45) is 0 Å². The molecule has 0 aliphatic heterocycles. The molecule has 0 fully saturated rings. The van der Waals surface area contributed by atoms with E-state index in [1.165, 1.54) is 32.4 Å². The molecule has 0 bridgehead atoms. The Morgan fingerprint density at radius 1 is 1.45 bits per heavy atom. The van der Waals surface area contributed by atoms with Crippen LogP contribution in [0.1, 0.15) is 23.7 Å². The van der Waals surface area contributed by atoms with Gasteiger partial charge in [0.05, 0.1) is 30.1 Å². The smallest absolute Gasteiger partial charge is 0.339 e. The summed E-state index contributed by atoms with van der Waals surface area (Å²) in [5.41, 5.74) is -0.0222. The second-order valence-electron chi connectivity index (χ2n) is 4.22. The van der Waals surface area contributed by atoms with E-state index in [2.05, 4.69) is 4.74 Å². The summed E-state index contributed by atoms with van der Waals surface area (Å²) in [5.74, 6) is -0.717. The van der Waals surface area contributed by atoms with Crippen molar-refractivity contribution in [2.45, 2.75) is 24.3 Å². The van der Waals surface area contributed by atoms with Crippen LogP contribution in [-0.2, 0) is 14.8 Å². The minimum absolute atomic E-state index is 0.0222. The Kier molecular flexibility index (Phi) is 5.25. The minimum Gasteiger partial charge on any atom is -0.465 e. The number of ether oxygens (including phenoxy) is 1. The Hall–Kier alpha value is -1.91. The number of benzene rings is 1. The number of sulfonamides is 1. The van der Waals surface area contributed by atoms with Crippen molar-refractivity contribution >= 4 is 16.0 Å². The molecule has 0 saturated heterocycles. The first kappa shape index (κ1) is 16.1. The van der Waals surface area contributed by atoms with Crippen molar-refractivity contribution < 1.29 is 17.9 Å². The first-order valence-corrected chi connectivity index (χ1v) is 7.32. The van der Waals surface area contributed by atoms with Gasteiger partial charge in [0.2, 0.25) is 10.0 Å². The van der Waals surface area contributed by atoms with Gasteiger partial charge >= 0.3 is 5.97 Å². The third-order valence-corrected chi connectivity index (χ3v) is 4.99. The minimum atomic E-state index is -3.86. The zero-order valence-electron chi connectivity index (χ0n) is 11.5. The predicted molar refractivity (Wildman–Crippen MR) is 72.4 cm³/mol. The summed E-state index contributed by atoms with van der Waals surface area (Å²) in [6.07, 6.45) is 0.0656. The van der Waals surface area contributed by atoms with E-state index in [-0.39, 0.29) is 16.9 Å². The van der Waals surface area contributed by atoms with E-state index in [4.69, 9.17) is 5.26 Å². The largest absolute Gasteiger partial charge is 0.465 e. The van der Waals surface area contributed by atoms with Crippen LogP contribution < -0.4 is 0 Å². The molecule has 1 aromatic carbocycles. The van der Waals surface area contributed by atoms with Gasteiger partial charge in [0.15, 0.2) is 0 Å². The molecule has 1 aromatic rings. The van der Waals surface area contributed by atoms with Gasteiger partial charge < -0.3 is 4.74 Å². The fourth-order valence-electron chi connectivity index (χ4n) is 1.62. The highest BCUT2D eigenvalue weighted by Crippen LogP contribution is 2.22. The first-order chi connectivity index (χ1) is 9.36.